The average molecular weight is 549 g/mol. The first-order chi connectivity index (χ1) is 18.2. The van der Waals surface area contributed by atoms with Crippen molar-refractivity contribution in [2.24, 2.45) is 0 Å². The quantitative estimate of drug-likeness (QED) is 0.338. The SMILES string of the molecule is CC[C@@H](C)N(C(=O)c1cc(OCCCOC)c(-c2cc(C(=O)N3CCOCC3)ccc2F)cc1Cl)C(C)C. The van der Waals surface area contributed by atoms with Gasteiger partial charge in [0, 0.05) is 62.0 Å². The standard InChI is InChI=1S/C29H38ClFN2O5/c1-6-20(4)33(19(2)3)29(35)24-18-27(38-13-7-12-36-5)23(17-25(24)30)22-16-21(8-9-26(22)31)28(34)32-10-14-37-15-11-32/h8-9,16-20H,6-7,10-15H2,1-5H3/t20-/m1/s1. The normalized spacial score (nSPS) is 14.5. The molecule has 1 fully saturated rings. The first-order valence-corrected chi connectivity index (χ1v) is 13.5. The molecule has 2 aromatic carbocycles. The zero-order valence-corrected chi connectivity index (χ0v) is 23.6. The molecule has 0 spiro atoms. The van der Waals surface area contributed by atoms with Crippen LogP contribution in [0.3, 0.4) is 0 Å². The van der Waals surface area contributed by atoms with Gasteiger partial charge in [-0.3, -0.25) is 9.59 Å². The van der Waals surface area contributed by atoms with Crippen molar-refractivity contribution in [3.63, 3.8) is 0 Å². The van der Waals surface area contributed by atoms with E-state index < -0.39 is 5.82 Å². The average Bonchev–Trinajstić information content (AvgIpc) is 2.91. The van der Waals surface area contributed by atoms with E-state index in [9.17, 15) is 9.59 Å². The molecule has 0 aliphatic carbocycles. The Bertz CT molecular complexity index is 1120. The summed E-state index contributed by atoms with van der Waals surface area (Å²) < 4.78 is 31.7. The second-order valence-electron chi connectivity index (χ2n) is 9.69. The molecule has 0 N–H and O–H groups in total. The molecule has 1 heterocycles. The molecule has 0 saturated carbocycles. The summed E-state index contributed by atoms with van der Waals surface area (Å²) in [5.74, 6) is -0.624. The van der Waals surface area contributed by atoms with Gasteiger partial charge in [0.2, 0.25) is 0 Å². The van der Waals surface area contributed by atoms with Crippen LogP contribution in [-0.4, -0.2) is 80.3 Å². The Hall–Kier alpha value is -2.68. The van der Waals surface area contributed by atoms with Crippen molar-refractivity contribution in [1.29, 1.82) is 0 Å². The predicted octanol–water partition coefficient (Wildman–Crippen LogP) is 5.68. The number of amides is 2. The molecule has 2 aromatic rings. The summed E-state index contributed by atoms with van der Waals surface area (Å²) in [4.78, 5) is 30.2. The number of benzene rings is 2. The van der Waals surface area contributed by atoms with Crippen LogP contribution < -0.4 is 4.74 Å². The molecular formula is C29H38ClFN2O5. The van der Waals surface area contributed by atoms with E-state index in [1.54, 1.807) is 29.0 Å². The van der Waals surface area contributed by atoms with E-state index in [4.69, 9.17) is 25.8 Å². The molecule has 208 valence electrons. The summed E-state index contributed by atoms with van der Waals surface area (Å²) in [7, 11) is 1.60. The second-order valence-corrected chi connectivity index (χ2v) is 10.1. The van der Waals surface area contributed by atoms with Gasteiger partial charge in [0.25, 0.3) is 11.8 Å². The lowest BCUT2D eigenvalue weighted by Gasteiger charge is -2.33. The van der Waals surface area contributed by atoms with E-state index in [1.807, 2.05) is 27.7 Å². The number of hydrogen-bond donors (Lipinski definition) is 0. The Kier molecular flexibility index (Phi) is 10.9. The molecule has 0 bridgehead atoms. The van der Waals surface area contributed by atoms with Crippen LogP contribution in [0.1, 0.15) is 61.3 Å². The third kappa shape index (κ3) is 7.04. The van der Waals surface area contributed by atoms with Crippen LogP contribution in [0.25, 0.3) is 11.1 Å². The van der Waals surface area contributed by atoms with E-state index in [-0.39, 0.29) is 40.0 Å². The maximum absolute atomic E-state index is 15.2. The molecule has 1 saturated heterocycles. The van der Waals surface area contributed by atoms with Crippen LogP contribution in [0.4, 0.5) is 4.39 Å². The van der Waals surface area contributed by atoms with Crippen molar-refractivity contribution in [3.05, 3.63) is 52.3 Å². The van der Waals surface area contributed by atoms with Gasteiger partial charge in [-0.25, -0.2) is 4.39 Å². The summed E-state index contributed by atoms with van der Waals surface area (Å²) in [5.41, 5.74) is 1.19. The van der Waals surface area contributed by atoms with Gasteiger partial charge >= 0.3 is 0 Å². The molecule has 9 heteroatoms. The molecule has 1 aliphatic rings. The minimum Gasteiger partial charge on any atom is -0.493 e. The summed E-state index contributed by atoms with van der Waals surface area (Å²) >= 11 is 6.67. The predicted molar refractivity (Wildman–Crippen MR) is 147 cm³/mol. The van der Waals surface area contributed by atoms with Crippen LogP contribution in [0.5, 0.6) is 5.75 Å². The molecule has 2 amide bonds. The van der Waals surface area contributed by atoms with Crippen molar-refractivity contribution in [2.45, 2.75) is 52.6 Å². The van der Waals surface area contributed by atoms with Gasteiger partial charge in [-0.1, -0.05) is 18.5 Å². The fourth-order valence-electron chi connectivity index (χ4n) is 4.53. The maximum atomic E-state index is 15.2. The van der Waals surface area contributed by atoms with E-state index in [2.05, 4.69) is 0 Å². The largest absolute Gasteiger partial charge is 0.493 e. The first-order valence-electron chi connectivity index (χ1n) is 13.1. The van der Waals surface area contributed by atoms with Gasteiger partial charge < -0.3 is 24.0 Å². The highest BCUT2D eigenvalue weighted by Crippen LogP contribution is 2.38. The lowest BCUT2D eigenvalue weighted by Crippen LogP contribution is -2.43. The molecular weight excluding hydrogens is 511 g/mol. The minimum atomic E-state index is -0.524. The summed E-state index contributed by atoms with van der Waals surface area (Å²) in [6, 6.07) is 7.36. The highest BCUT2D eigenvalue weighted by atomic mass is 35.5. The van der Waals surface area contributed by atoms with Crippen LogP contribution in [0, 0.1) is 5.82 Å². The van der Waals surface area contributed by atoms with E-state index in [0.29, 0.717) is 62.8 Å². The number of ether oxygens (including phenoxy) is 3. The second kappa shape index (κ2) is 13.9. The van der Waals surface area contributed by atoms with Gasteiger partial charge in [-0.15, -0.1) is 0 Å². The fraction of sp³-hybridized carbons (Fsp3) is 0.517. The molecule has 3 rings (SSSR count). The number of carbonyl (C=O) groups excluding carboxylic acids is 2. The Morgan fingerprint density at radius 1 is 1.11 bits per heavy atom. The summed E-state index contributed by atoms with van der Waals surface area (Å²) in [6.45, 7) is 10.6. The van der Waals surface area contributed by atoms with E-state index in [1.165, 1.54) is 18.2 Å². The van der Waals surface area contributed by atoms with E-state index >= 15 is 4.39 Å². The van der Waals surface area contributed by atoms with Gasteiger partial charge in [0.05, 0.1) is 30.4 Å². The number of rotatable bonds is 11. The van der Waals surface area contributed by atoms with Gasteiger partial charge in [0.1, 0.15) is 11.6 Å². The van der Waals surface area contributed by atoms with Crippen LogP contribution in [0.15, 0.2) is 30.3 Å². The van der Waals surface area contributed by atoms with Gasteiger partial charge in [-0.2, -0.15) is 0 Å². The molecule has 0 unspecified atom stereocenters. The molecule has 0 radical (unpaired) electrons. The number of morpholine rings is 1. The lowest BCUT2D eigenvalue weighted by molar-refractivity contribution is 0.0303. The molecule has 1 atom stereocenters. The monoisotopic (exact) mass is 548 g/mol. The van der Waals surface area contributed by atoms with Crippen molar-refractivity contribution in [2.75, 3.05) is 46.6 Å². The van der Waals surface area contributed by atoms with Gasteiger partial charge in [-0.05, 0) is 57.5 Å². The molecule has 0 aromatic heterocycles. The van der Waals surface area contributed by atoms with E-state index in [0.717, 1.165) is 6.42 Å². The Labute approximate surface area is 229 Å². The third-order valence-electron chi connectivity index (χ3n) is 6.71. The minimum absolute atomic E-state index is 0.00430. The lowest BCUT2D eigenvalue weighted by atomic mass is 9.98. The number of methoxy groups -OCH3 is 1. The molecule has 38 heavy (non-hydrogen) atoms. The maximum Gasteiger partial charge on any atom is 0.255 e. The fourth-order valence-corrected chi connectivity index (χ4v) is 4.77. The number of carbonyl (C=O) groups is 2. The van der Waals surface area contributed by atoms with Crippen LogP contribution in [-0.2, 0) is 9.47 Å². The van der Waals surface area contributed by atoms with Crippen LogP contribution >= 0.6 is 11.6 Å². The van der Waals surface area contributed by atoms with Crippen molar-refractivity contribution >= 4 is 23.4 Å². The number of hydrogen-bond acceptors (Lipinski definition) is 5. The molecule has 1 aliphatic heterocycles. The Morgan fingerprint density at radius 2 is 1.82 bits per heavy atom. The molecule has 7 nitrogen and oxygen atoms in total. The Balaban J connectivity index is 2.06. The highest BCUT2D eigenvalue weighted by Gasteiger charge is 2.27. The zero-order chi connectivity index (χ0) is 27.8. The van der Waals surface area contributed by atoms with Crippen molar-refractivity contribution in [1.82, 2.24) is 9.80 Å². The van der Waals surface area contributed by atoms with Crippen LogP contribution in [0.2, 0.25) is 5.02 Å². The third-order valence-corrected chi connectivity index (χ3v) is 7.02. The van der Waals surface area contributed by atoms with Gasteiger partial charge in [0.15, 0.2) is 0 Å². The van der Waals surface area contributed by atoms with Crippen molar-refractivity contribution < 1.29 is 28.2 Å². The summed E-state index contributed by atoms with van der Waals surface area (Å²) in [6.07, 6.45) is 1.39. The van der Waals surface area contributed by atoms with Crippen molar-refractivity contribution in [3.8, 4) is 16.9 Å². The number of halogens is 2. The topological polar surface area (TPSA) is 68.3 Å². The highest BCUT2D eigenvalue weighted by molar-refractivity contribution is 6.34. The Morgan fingerprint density at radius 3 is 2.45 bits per heavy atom. The summed E-state index contributed by atoms with van der Waals surface area (Å²) in [5, 5.41) is 0.188. The smallest absolute Gasteiger partial charge is 0.255 e. The first kappa shape index (κ1) is 29.9. The number of nitrogens with zero attached hydrogens (tertiary/aromatic N) is 2. The zero-order valence-electron chi connectivity index (χ0n) is 22.9.